The third kappa shape index (κ3) is 5.68. The Morgan fingerprint density at radius 3 is 1.90 bits per heavy atom. The van der Waals surface area contributed by atoms with Gasteiger partial charge in [0.15, 0.2) is 5.69 Å². The topological polar surface area (TPSA) is 51.6 Å². The lowest BCUT2D eigenvalue weighted by Crippen LogP contribution is -2.67. The van der Waals surface area contributed by atoms with Crippen LogP contribution in [0.3, 0.4) is 0 Å². The van der Waals surface area contributed by atoms with Gasteiger partial charge >= 0.3 is 6.18 Å². The van der Waals surface area contributed by atoms with Crippen molar-refractivity contribution in [3.05, 3.63) is 108 Å². The van der Waals surface area contributed by atoms with Crippen LogP contribution in [0, 0.1) is 5.82 Å². The normalized spacial score (nSPS) is 13.2. The van der Waals surface area contributed by atoms with Crippen LogP contribution in [0.4, 0.5) is 17.6 Å². The molecule has 0 saturated heterocycles. The van der Waals surface area contributed by atoms with E-state index in [0.29, 0.717) is 0 Å². The summed E-state index contributed by atoms with van der Waals surface area (Å²) >= 11 is 0. The van der Waals surface area contributed by atoms with Crippen molar-refractivity contribution in [1.82, 2.24) is 4.98 Å². The summed E-state index contributed by atoms with van der Waals surface area (Å²) in [6.07, 6.45) is -6.26. The Labute approximate surface area is 232 Å². The second-order valence-electron chi connectivity index (χ2n) is 10.4. The maximum Gasteiger partial charge on any atom is 0.433 e. The number of benzene rings is 3. The Balaban J connectivity index is 1.92. The highest BCUT2D eigenvalue weighted by Crippen LogP contribution is 2.42. The highest BCUT2D eigenvalue weighted by atomic mass is 28.4. The molecule has 0 radical (unpaired) electrons. The van der Waals surface area contributed by atoms with Gasteiger partial charge in [0.05, 0.1) is 25.5 Å². The summed E-state index contributed by atoms with van der Waals surface area (Å²) in [6.45, 7) is 5.25. The number of aromatic nitrogens is 1. The van der Waals surface area contributed by atoms with Crippen LogP contribution in [0.15, 0.2) is 91.0 Å². The van der Waals surface area contributed by atoms with E-state index >= 15 is 0 Å². The predicted octanol–water partition coefficient (Wildman–Crippen LogP) is 6.53. The first-order chi connectivity index (χ1) is 18.9. The standard InChI is InChI=1S/C31H31F4NO3Si/c1-30(2,3)40(22-11-7-5-8-12-22,23-13-9-6-10-14-23)39-28(20-37)24-16-18-27(36-29(24)31(33,34)35)25-19-21(38-4)15-17-26(25)32/h5-19,28,37H,20H2,1-4H3/t28-/m1/s1. The minimum atomic E-state index is -4.90. The van der Waals surface area contributed by atoms with Gasteiger partial charge in [0.25, 0.3) is 8.32 Å². The zero-order chi connectivity index (χ0) is 29.1. The van der Waals surface area contributed by atoms with Gasteiger partial charge in [-0.2, -0.15) is 13.2 Å². The molecule has 0 fully saturated rings. The number of halogens is 4. The molecule has 4 aromatic rings. The van der Waals surface area contributed by atoms with Crippen molar-refractivity contribution in [3.63, 3.8) is 0 Å². The number of rotatable bonds is 8. The highest BCUT2D eigenvalue weighted by Gasteiger charge is 2.52. The number of pyridine rings is 1. The molecule has 4 nitrogen and oxygen atoms in total. The molecular formula is C31H31F4NO3Si. The summed E-state index contributed by atoms with van der Waals surface area (Å²) in [7, 11) is -1.95. The van der Waals surface area contributed by atoms with E-state index in [1.807, 2.05) is 81.4 Å². The number of hydrogen-bond donors (Lipinski definition) is 1. The van der Waals surface area contributed by atoms with Gasteiger partial charge in [-0.05, 0) is 39.7 Å². The molecular weight excluding hydrogens is 538 g/mol. The lowest BCUT2D eigenvalue weighted by atomic mass is 10.0. The zero-order valence-corrected chi connectivity index (χ0v) is 23.7. The number of methoxy groups -OCH3 is 1. The summed E-state index contributed by atoms with van der Waals surface area (Å²) in [4.78, 5) is 3.86. The van der Waals surface area contributed by atoms with Crippen molar-refractivity contribution in [1.29, 1.82) is 0 Å². The summed E-state index contributed by atoms with van der Waals surface area (Å²) in [6, 6.07) is 25.1. The fourth-order valence-electron chi connectivity index (χ4n) is 5.04. The van der Waals surface area contributed by atoms with Crippen molar-refractivity contribution >= 4 is 18.7 Å². The monoisotopic (exact) mass is 569 g/mol. The molecule has 9 heteroatoms. The fraction of sp³-hybridized carbons (Fsp3) is 0.258. The minimum absolute atomic E-state index is 0.134. The molecule has 0 aliphatic carbocycles. The number of alkyl halides is 3. The third-order valence-corrected chi connectivity index (χ3v) is 11.9. The van der Waals surface area contributed by atoms with Crippen LogP contribution in [-0.4, -0.2) is 32.1 Å². The number of nitrogens with zero attached hydrogens (tertiary/aromatic N) is 1. The van der Waals surface area contributed by atoms with Crippen molar-refractivity contribution in [3.8, 4) is 17.0 Å². The highest BCUT2D eigenvalue weighted by molar-refractivity contribution is 6.99. The quantitative estimate of drug-likeness (QED) is 0.194. The number of ether oxygens (including phenoxy) is 1. The van der Waals surface area contributed by atoms with Gasteiger partial charge in [-0.3, -0.25) is 0 Å². The molecule has 210 valence electrons. The van der Waals surface area contributed by atoms with E-state index in [1.165, 1.54) is 31.4 Å². The first-order valence-electron chi connectivity index (χ1n) is 12.7. The molecule has 0 spiro atoms. The smallest absolute Gasteiger partial charge is 0.433 e. The van der Waals surface area contributed by atoms with E-state index in [-0.39, 0.29) is 22.6 Å². The van der Waals surface area contributed by atoms with E-state index in [4.69, 9.17) is 9.16 Å². The van der Waals surface area contributed by atoms with Crippen LogP contribution in [0.5, 0.6) is 5.75 Å². The summed E-state index contributed by atoms with van der Waals surface area (Å²) in [5.74, 6) is -0.462. The van der Waals surface area contributed by atoms with Gasteiger partial charge in [-0.15, -0.1) is 0 Å². The molecule has 1 atom stereocenters. The van der Waals surface area contributed by atoms with E-state index < -0.39 is 43.8 Å². The van der Waals surface area contributed by atoms with Crippen LogP contribution >= 0.6 is 0 Å². The third-order valence-electron chi connectivity index (χ3n) is 6.89. The Morgan fingerprint density at radius 2 is 1.43 bits per heavy atom. The van der Waals surface area contributed by atoms with Crippen LogP contribution in [0.2, 0.25) is 5.04 Å². The van der Waals surface area contributed by atoms with E-state index in [9.17, 15) is 22.7 Å². The van der Waals surface area contributed by atoms with Crippen molar-refractivity contribution < 1.29 is 31.8 Å². The molecule has 0 aliphatic heterocycles. The van der Waals surface area contributed by atoms with Crippen LogP contribution in [0.1, 0.15) is 38.1 Å². The van der Waals surface area contributed by atoms with E-state index in [1.54, 1.807) is 0 Å². The van der Waals surface area contributed by atoms with Gasteiger partial charge in [0.1, 0.15) is 11.6 Å². The Morgan fingerprint density at radius 1 is 0.850 bits per heavy atom. The van der Waals surface area contributed by atoms with Crippen LogP contribution in [-0.2, 0) is 10.6 Å². The summed E-state index contributed by atoms with van der Waals surface area (Å²) in [5.41, 5.74) is -1.92. The number of aliphatic hydroxyl groups is 1. The Bertz CT molecular complexity index is 1400. The van der Waals surface area contributed by atoms with Crippen LogP contribution in [0.25, 0.3) is 11.3 Å². The summed E-state index contributed by atoms with van der Waals surface area (Å²) < 4.78 is 70.0. The number of aliphatic hydroxyl groups excluding tert-OH is 1. The zero-order valence-electron chi connectivity index (χ0n) is 22.7. The molecule has 0 unspecified atom stereocenters. The van der Waals surface area contributed by atoms with Crippen molar-refractivity contribution in [2.24, 2.45) is 0 Å². The fourth-order valence-corrected chi connectivity index (χ4v) is 9.68. The van der Waals surface area contributed by atoms with E-state index in [0.717, 1.165) is 16.4 Å². The van der Waals surface area contributed by atoms with E-state index in [2.05, 4.69) is 4.98 Å². The first kappa shape index (κ1) is 29.4. The molecule has 1 N–H and O–H groups in total. The van der Waals surface area contributed by atoms with Gasteiger partial charge in [-0.1, -0.05) is 87.5 Å². The first-order valence-corrected chi connectivity index (χ1v) is 14.6. The molecule has 1 heterocycles. The molecule has 4 rings (SSSR count). The van der Waals surface area contributed by atoms with Gasteiger partial charge < -0.3 is 14.3 Å². The average Bonchev–Trinajstić information content (AvgIpc) is 2.94. The lowest BCUT2D eigenvalue weighted by Gasteiger charge is -2.45. The molecule has 3 aromatic carbocycles. The van der Waals surface area contributed by atoms with Crippen LogP contribution < -0.4 is 15.1 Å². The lowest BCUT2D eigenvalue weighted by molar-refractivity contribution is -0.142. The van der Waals surface area contributed by atoms with Gasteiger partial charge in [0, 0.05) is 11.1 Å². The molecule has 0 amide bonds. The Hall–Kier alpha value is -3.53. The maximum absolute atomic E-state index is 14.6. The van der Waals surface area contributed by atoms with Crippen molar-refractivity contribution in [2.45, 2.75) is 38.1 Å². The molecule has 40 heavy (non-hydrogen) atoms. The minimum Gasteiger partial charge on any atom is -0.497 e. The molecule has 0 saturated carbocycles. The largest absolute Gasteiger partial charge is 0.497 e. The maximum atomic E-state index is 14.6. The molecule has 0 bridgehead atoms. The SMILES string of the molecule is COc1ccc(F)c(-c2ccc([C@@H](CO)O[Si](c3ccccc3)(c3ccccc3)C(C)(C)C)c(C(F)(F)F)n2)c1. The molecule has 1 aromatic heterocycles. The Kier molecular flexibility index (Phi) is 8.48. The van der Waals surface area contributed by atoms with Gasteiger partial charge in [-0.25, -0.2) is 9.37 Å². The average molecular weight is 570 g/mol. The number of hydrogen-bond acceptors (Lipinski definition) is 4. The molecule has 0 aliphatic rings. The second kappa shape index (κ2) is 11.5. The van der Waals surface area contributed by atoms with Crippen molar-refractivity contribution in [2.75, 3.05) is 13.7 Å². The summed E-state index contributed by atoms with van der Waals surface area (Å²) in [5, 5.41) is 11.7. The predicted molar refractivity (Wildman–Crippen MR) is 150 cm³/mol. The second-order valence-corrected chi connectivity index (χ2v) is 14.7. The van der Waals surface area contributed by atoms with Gasteiger partial charge in [0.2, 0.25) is 0 Å².